The third-order valence-corrected chi connectivity index (χ3v) is 8.32. The number of carbonyl (C=O) groups is 1. The van der Waals surface area contributed by atoms with Gasteiger partial charge in [-0.2, -0.15) is 0 Å². The molecule has 1 atom stereocenters. The van der Waals surface area contributed by atoms with Gasteiger partial charge in [0.05, 0.1) is 16.2 Å². The van der Waals surface area contributed by atoms with E-state index in [1.165, 1.54) is 12.0 Å². The highest BCUT2D eigenvalue weighted by molar-refractivity contribution is 14.1. The van der Waals surface area contributed by atoms with E-state index in [4.69, 9.17) is 9.73 Å². The molecule has 34 heavy (non-hydrogen) atoms. The zero-order chi connectivity index (χ0) is 24.5. The van der Waals surface area contributed by atoms with Gasteiger partial charge in [-0.1, -0.05) is 39.0 Å². The summed E-state index contributed by atoms with van der Waals surface area (Å²) in [6.45, 7) is 6.87. The molecule has 0 spiro atoms. The van der Waals surface area contributed by atoms with Crippen LogP contribution in [-0.2, 0) is 12.8 Å². The molecule has 0 saturated carbocycles. The van der Waals surface area contributed by atoms with Crippen LogP contribution in [0.25, 0.3) is 0 Å². The summed E-state index contributed by atoms with van der Waals surface area (Å²) in [6.07, 6.45) is 4.65. The van der Waals surface area contributed by atoms with Gasteiger partial charge in [0.25, 0.3) is 5.91 Å². The normalized spacial score (nSPS) is 15.9. The Balaban J connectivity index is 1.72. The van der Waals surface area contributed by atoms with Crippen molar-refractivity contribution in [3.8, 4) is 11.5 Å². The highest BCUT2D eigenvalue weighted by Gasteiger charge is 2.33. The Hall–Kier alpha value is -2.39. The second-order valence-electron chi connectivity index (χ2n) is 9.62. The summed E-state index contributed by atoms with van der Waals surface area (Å²) in [4.78, 5) is 19.5. The van der Waals surface area contributed by atoms with E-state index >= 15 is 0 Å². The lowest BCUT2D eigenvalue weighted by Crippen LogP contribution is -2.27. The molecule has 1 aromatic heterocycles. The van der Waals surface area contributed by atoms with Crippen molar-refractivity contribution >= 4 is 56.7 Å². The number of nitrogens with zero attached hydrogens (tertiary/aromatic N) is 1. The number of hydrogen-bond donors (Lipinski definition) is 2. The van der Waals surface area contributed by atoms with E-state index in [1.807, 2.05) is 36.4 Å². The van der Waals surface area contributed by atoms with Crippen LogP contribution in [0.1, 0.15) is 53.6 Å². The molecule has 0 aliphatic heterocycles. The number of benzene rings is 2. The quantitative estimate of drug-likeness (QED) is 0.244. The van der Waals surface area contributed by atoms with Gasteiger partial charge in [-0.15, -0.1) is 11.3 Å². The van der Waals surface area contributed by atoms with Crippen LogP contribution < -0.4 is 10.1 Å². The highest BCUT2D eigenvalue weighted by atomic mass is 127. The van der Waals surface area contributed by atoms with E-state index in [2.05, 4.69) is 48.7 Å². The summed E-state index contributed by atoms with van der Waals surface area (Å²) < 4.78 is 5.96. The zero-order valence-corrected chi connectivity index (χ0v) is 22.8. The number of phenols is 1. The summed E-state index contributed by atoms with van der Waals surface area (Å²) in [5.41, 5.74) is 3.59. The van der Waals surface area contributed by atoms with Crippen molar-refractivity contribution in [2.45, 2.75) is 40.0 Å². The predicted octanol–water partition coefficient (Wildman–Crippen LogP) is 7.22. The van der Waals surface area contributed by atoms with Gasteiger partial charge in [0.1, 0.15) is 5.00 Å². The molecule has 1 heterocycles. The maximum Gasteiger partial charge on any atom is 0.259 e. The number of para-hydroxylation sites is 1. The molecule has 3 aromatic rings. The maximum atomic E-state index is 13.4. The number of phenolic OH excluding ortho intramolecular Hbond substituents is 1. The largest absolute Gasteiger partial charge is 0.504 e. The summed E-state index contributed by atoms with van der Waals surface area (Å²) in [5, 5.41) is 13.9. The van der Waals surface area contributed by atoms with Crippen LogP contribution in [0, 0.1) is 14.9 Å². The van der Waals surface area contributed by atoms with Crippen LogP contribution in [0.15, 0.2) is 47.5 Å². The smallest absolute Gasteiger partial charge is 0.259 e. The molecule has 0 saturated heterocycles. The Morgan fingerprint density at radius 3 is 2.68 bits per heavy atom. The fourth-order valence-electron chi connectivity index (χ4n) is 4.31. The third kappa shape index (κ3) is 5.30. The van der Waals surface area contributed by atoms with Crippen LogP contribution in [0.5, 0.6) is 11.5 Å². The molecular weight excluding hydrogens is 559 g/mol. The number of aromatic hydroxyl groups is 1. The monoisotopic (exact) mass is 588 g/mol. The maximum absolute atomic E-state index is 13.4. The van der Waals surface area contributed by atoms with E-state index in [-0.39, 0.29) is 17.1 Å². The summed E-state index contributed by atoms with van der Waals surface area (Å²) in [6, 6.07) is 13.1. The number of anilines is 1. The number of carbonyl (C=O) groups excluding carboxylic acids is 1. The van der Waals surface area contributed by atoms with Gasteiger partial charge >= 0.3 is 0 Å². The Bertz CT molecular complexity index is 1230. The lowest BCUT2D eigenvalue weighted by molar-refractivity contribution is 0.102. The number of halogens is 1. The van der Waals surface area contributed by atoms with Crippen molar-refractivity contribution in [3.05, 3.63) is 67.6 Å². The third-order valence-electron chi connectivity index (χ3n) is 6.33. The van der Waals surface area contributed by atoms with Crippen molar-refractivity contribution in [3.63, 3.8) is 0 Å². The molecule has 7 heteroatoms. The van der Waals surface area contributed by atoms with E-state index in [0.29, 0.717) is 20.8 Å². The Morgan fingerprint density at radius 2 is 2.00 bits per heavy atom. The van der Waals surface area contributed by atoms with Crippen molar-refractivity contribution in [1.29, 1.82) is 0 Å². The molecule has 1 aliphatic carbocycles. The minimum absolute atomic E-state index is 0.114. The fourth-order valence-corrected chi connectivity index (χ4v) is 6.20. The van der Waals surface area contributed by atoms with Crippen molar-refractivity contribution in [1.82, 2.24) is 0 Å². The molecule has 4 rings (SSSR count). The van der Waals surface area contributed by atoms with Gasteiger partial charge in [-0.05, 0) is 88.6 Å². The molecule has 0 fully saturated rings. The molecule has 1 aliphatic rings. The van der Waals surface area contributed by atoms with Crippen LogP contribution >= 0.6 is 33.9 Å². The molecule has 178 valence electrons. The molecule has 0 radical (unpaired) electrons. The Labute approximate surface area is 218 Å². The van der Waals surface area contributed by atoms with Crippen LogP contribution in [0.3, 0.4) is 0 Å². The number of rotatable bonds is 5. The molecule has 2 N–H and O–H groups in total. The number of hydrogen-bond acceptors (Lipinski definition) is 5. The molecular formula is C27H29IN2O3S. The molecule has 2 aromatic carbocycles. The van der Waals surface area contributed by atoms with Crippen LogP contribution in [0.2, 0.25) is 0 Å². The van der Waals surface area contributed by atoms with Gasteiger partial charge in [-0.25, -0.2) is 4.99 Å². The van der Waals surface area contributed by atoms with Gasteiger partial charge in [0, 0.05) is 16.8 Å². The molecule has 5 nitrogen and oxygen atoms in total. The van der Waals surface area contributed by atoms with E-state index < -0.39 is 0 Å². The van der Waals surface area contributed by atoms with Crippen molar-refractivity contribution in [2.24, 2.45) is 16.3 Å². The van der Waals surface area contributed by atoms with E-state index in [9.17, 15) is 9.90 Å². The molecule has 1 amide bonds. The van der Waals surface area contributed by atoms with Crippen molar-refractivity contribution < 1.29 is 14.6 Å². The zero-order valence-electron chi connectivity index (χ0n) is 19.8. The van der Waals surface area contributed by atoms with Crippen LogP contribution in [-0.4, -0.2) is 24.3 Å². The number of fused-ring (bicyclic) bond motifs is 1. The topological polar surface area (TPSA) is 70.9 Å². The van der Waals surface area contributed by atoms with Crippen molar-refractivity contribution in [2.75, 3.05) is 12.4 Å². The standard InChI is InChI=1S/C27H29IN2O3S/c1-27(2,3)17-10-11-19-22(14-17)34-26(23(19)25(32)30-18-8-6-5-7-9-18)29-15-16-12-20(28)24(31)21(13-16)33-4/h5-9,12-13,15,17,31H,10-11,14H2,1-4H3,(H,30,32)/t17-/m0/s1. The SMILES string of the molecule is COc1cc(C=Nc2sc3c(c2C(=O)Nc2ccccc2)CC[C@H](C(C)(C)C)C3)cc(I)c1O. The van der Waals surface area contributed by atoms with Gasteiger partial charge in [-0.3, -0.25) is 4.79 Å². The minimum atomic E-state index is -0.122. The Kier molecular flexibility index (Phi) is 7.33. The number of thiophene rings is 1. The Morgan fingerprint density at radius 1 is 1.26 bits per heavy atom. The first-order valence-corrected chi connectivity index (χ1v) is 13.2. The first-order chi connectivity index (χ1) is 16.2. The molecule has 0 unspecified atom stereocenters. The molecule has 0 bridgehead atoms. The van der Waals surface area contributed by atoms with Gasteiger partial charge in [0.15, 0.2) is 11.5 Å². The fraction of sp³-hybridized carbons (Fsp3) is 0.333. The lowest BCUT2D eigenvalue weighted by Gasteiger charge is -2.33. The first-order valence-electron chi connectivity index (χ1n) is 11.3. The number of ether oxygens (including phenoxy) is 1. The summed E-state index contributed by atoms with van der Waals surface area (Å²) in [7, 11) is 1.52. The minimum Gasteiger partial charge on any atom is -0.504 e. The summed E-state index contributed by atoms with van der Waals surface area (Å²) in [5.74, 6) is 0.961. The van der Waals surface area contributed by atoms with Gasteiger partial charge in [0.2, 0.25) is 0 Å². The first kappa shape index (κ1) is 24.7. The second-order valence-corrected chi connectivity index (χ2v) is 11.9. The highest BCUT2D eigenvalue weighted by Crippen LogP contribution is 2.45. The number of aliphatic imine (C=N–C) groups is 1. The van der Waals surface area contributed by atoms with E-state index in [1.54, 1.807) is 23.6 Å². The van der Waals surface area contributed by atoms with Gasteiger partial charge < -0.3 is 15.2 Å². The van der Waals surface area contributed by atoms with Crippen LogP contribution in [0.4, 0.5) is 10.7 Å². The number of nitrogens with one attached hydrogen (secondary N) is 1. The van der Waals surface area contributed by atoms with E-state index in [0.717, 1.165) is 41.1 Å². The predicted molar refractivity (Wildman–Crippen MR) is 148 cm³/mol. The summed E-state index contributed by atoms with van der Waals surface area (Å²) >= 11 is 3.69. The average molecular weight is 589 g/mol. The number of methoxy groups -OCH3 is 1. The number of amides is 1. The second kappa shape index (κ2) is 10.1. The lowest BCUT2D eigenvalue weighted by atomic mass is 9.72. The average Bonchev–Trinajstić information content (AvgIpc) is 3.17.